The van der Waals surface area contributed by atoms with E-state index in [4.69, 9.17) is 16.3 Å². The number of aryl methyl sites for hydroxylation is 1. The Morgan fingerprint density at radius 2 is 2.19 bits per heavy atom. The molecule has 1 aromatic carbocycles. The van der Waals surface area contributed by atoms with Gasteiger partial charge in [0.1, 0.15) is 11.4 Å². The summed E-state index contributed by atoms with van der Waals surface area (Å²) in [5.41, 5.74) is 3.52. The second-order valence-electron chi connectivity index (χ2n) is 4.17. The zero-order valence-electron chi connectivity index (χ0n) is 11.7. The van der Waals surface area contributed by atoms with Crippen molar-refractivity contribution in [3.8, 4) is 5.75 Å². The van der Waals surface area contributed by atoms with Crippen LogP contribution in [0, 0.1) is 0 Å². The summed E-state index contributed by atoms with van der Waals surface area (Å²) in [6.45, 7) is 2.55. The molecule has 0 aliphatic heterocycles. The summed E-state index contributed by atoms with van der Waals surface area (Å²) in [5, 5.41) is 8.06. The minimum absolute atomic E-state index is 0.264. The molecule has 1 aromatic heterocycles. The van der Waals surface area contributed by atoms with Crippen LogP contribution in [0.4, 0.5) is 0 Å². The van der Waals surface area contributed by atoms with Gasteiger partial charge in [0.15, 0.2) is 0 Å². The average Bonchev–Trinajstić information content (AvgIpc) is 2.80. The molecule has 0 bridgehead atoms. The van der Waals surface area contributed by atoms with Gasteiger partial charge in [0.25, 0.3) is 5.91 Å². The van der Waals surface area contributed by atoms with Gasteiger partial charge in [-0.2, -0.15) is 10.2 Å². The molecule has 110 valence electrons. The normalized spacial score (nSPS) is 10.8. The molecule has 0 saturated carbocycles. The first kappa shape index (κ1) is 15.1. The van der Waals surface area contributed by atoms with Crippen molar-refractivity contribution in [2.24, 2.45) is 12.1 Å². The molecule has 0 fully saturated rings. The predicted octanol–water partition coefficient (Wildman–Crippen LogP) is 2.24. The molecule has 0 atom stereocenters. The van der Waals surface area contributed by atoms with Gasteiger partial charge in [-0.25, -0.2) is 5.43 Å². The zero-order chi connectivity index (χ0) is 15.2. The summed E-state index contributed by atoms with van der Waals surface area (Å²) in [4.78, 5) is 11.9. The molecule has 1 N–H and O–H groups in total. The van der Waals surface area contributed by atoms with Crippen LogP contribution in [0.5, 0.6) is 5.75 Å². The number of hydrazone groups is 1. The van der Waals surface area contributed by atoms with Crippen LogP contribution in [0.15, 0.2) is 35.6 Å². The Hall–Kier alpha value is -2.34. The molecule has 0 aliphatic rings. The SMILES string of the molecule is CCOc1ccc(/C=N/NC(=O)c2c(Cl)cnn2C)cc1. The molecule has 0 unspecified atom stereocenters. The van der Waals surface area contributed by atoms with Crippen molar-refractivity contribution >= 4 is 23.7 Å². The molecular formula is C14H15ClN4O2. The minimum atomic E-state index is -0.415. The highest BCUT2D eigenvalue weighted by molar-refractivity contribution is 6.33. The summed E-state index contributed by atoms with van der Waals surface area (Å²) >= 11 is 5.87. The molecule has 0 aliphatic carbocycles. The van der Waals surface area contributed by atoms with Gasteiger partial charge in [-0.15, -0.1) is 0 Å². The fourth-order valence-electron chi connectivity index (χ4n) is 1.70. The molecule has 0 spiro atoms. The highest BCUT2D eigenvalue weighted by Gasteiger charge is 2.14. The number of rotatable bonds is 5. The van der Waals surface area contributed by atoms with Gasteiger partial charge >= 0.3 is 0 Å². The first-order valence-corrected chi connectivity index (χ1v) is 6.73. The number of amides is 1. The third kappa shape index (κ3) is 3.82. The van der Waals surface area contributed by atoms with E-state index in [0.29, 0.717) is 6.61 Å². The average molecular weight is 307 g/mol. The van der Waals surface area contributed by atoms with E-state index in [1.165, 1.54) is 17.1 Å². The van der Waals surface area contributed by atoms with E-state index in [1.54, 1.807) is 7.05 Å². The maximum absolute atomic E-state index is 11.9. The summed E-state index contributed by atoms with van der Waals surface area (Å²) in [6, 6.07) is 7.37. The Balaban J connectivity index is 1.97. The number of halogens is 1. The number of benzene rings is 1. The molecule has 2 rings (SSSR count). The molecule has 6 nitrogen and oxygen atoms in total. The summed E-state index contributed by atoms with van der Waals surface area (Å²) < 4.78 is 6.73. The molecule has 2 aromatic rings. The highest BCUT2D eigenvalue weighted by atomic mass is 35.5. The van der Waals surface area contributed by atoms with Crippen LogP contribution >= 0.6 is 11.6 Å². The third-order valence-corrected chi connectivity index (χ3v) is 2.96. The summed E-state index contributed by atoms with van der Waals surface area (Å²) in [6.07, 6.45) is 2.95. The van der Waals surface area contributed by atoms with E-state index >= 15 is 0 Å². The molecule has 7 heteroatoms. The maximum Gasteiger partial charge on any atom is 0.291 e. The number of hydrogen-bond acceptors (Lipinski definition) is 4. The van der Waals surface area contributed by atoms with Crippen LogP contribution < -0.4 is 10.2 Å². The number of nitrogens with one attached hydrogen (secondary N) is 1. The highest BCUT2D eigenvalue weighted by Crippen LogP contribution is 2.13. The zero-order valence-corrected chi connectivity index (χ0v) is 12.5. The second-order valence-corrected chi connectivity index (χ2v) is 4.57. The van der Waals surface area contributed by atoms with Crippen LogP contribution in [0.3, 0.4) is 0 Å². The Morgan fingerprint density at radius 1 is 1.48 bits per heavy atom. The maximum atomic E-state index is 11.9. The van der Waals surface area contributed by atoms with E-state index in [2.05, 4.69) is 15.6 Å². The Labute approximate surface area is 127 Å². The lowest BCUT2D eigenvalue weighted by atomic mass is 10.2. The molecule has 21 heavy (non-hydrogen) atoms. The monoisotopic (exact) mass is 306 g/mol. The Kier molecular flexibility index (Phi) is 4.94. The van der Waals surface area contributed by atoms with Crippen LogP contribution in [0.1, 0.15) is 23.0 Å². The number of hydrogen-bond donors (Lipinski definition) is 1. The van der Waals surface area contributed by atoms with Crippen LogP contribution in [0.2, 0.25) is 5.02 Å². The molecule has 0 radical (unpaired) electrons. The molecule has 1 amide bonds. The lowest BCUT2D eigenvalue weighted by Gasteiger charge is -2.02. The van der Waals surface area contributed by atoms with Crippen LogP contribution in [-0.4, -0.2) is 28.5 Å². The fraction of sp³-hybridized carbons (Fsp3) is 0.214. The topological polar surface area (TPSA) is 68.5 Å². The van der Waals surface area contributed by atoms with E-state index < -0.39 is 5.91 Å². The van der Waals surface area contributed by atoms with Gasteiger partial charge in [0, 0.05) is 7.05 Å². The molecule has 1 heterocycles. The van der Waals surface area contributed by atoms with E-state index in [9.17, 15) is 4.79 Å². The number of carbonyl (C=O) groups excluding carboxylic acids is 1. The lowest BCUT2D eigenvalue weighted by Crippen LogP contribution is -2.21. The van der Waals surface area contributed by atoms with Crippen LogP contribution in [0.25, 0.3) is 0 Å². The van der Waals surface area contributed by atoms with Crippen molar-refractivity contribution in [1.29, 1.82) is 0 Å². The molecular weight excluding hydrogens is 292 g/mol. The van der Waals surface area contributed by atoms with Crippen molar-refractivity contribution in [3.05, 3.63) is 46.7 Å². The second kappa shape index (κ2) is 6.90. The fourth-order valence-corrected chi connectivity index (χ4v) is 1.95. The first-order chi connectivity index (χ1) is 10.1. The first-order valence-electron chi connectivity index (χ1n) is 6.35. The minimum Gasteiger partial charge on any atom is -0.494 e. The van der Waals surface area contributed by atoms with Crippen molar-refractivity contribution in [1.82, 2.24) is 15.2 Å². The molecule has 0 saturated heterocycles. The van der Waals surface area contributed by atoms with E-state index in [1.807, 2.05) is 31.2 Å². The van der Waals surface area contributed by atoms with Crippen molar-refractivity contribution in [2.75, 3.05) is 6.61 Å². The van der Waals surface area contributed by atoms with Crippen molar-refractivity contribution in [2.45, 2.75) is 6.92 Å². The van der Waals surface area contributed by atoms with Gasteiger partial charge in [-0.1, -0.05) is 11.6 Å². The van der Waals surface area contributed by atoms with Gasteiger partial charge in [-0.05, 0) is 36.8 Å². The van der Waals surface area contributed by atoms with E-state index in [-0.39, 0.29) is 10.7 Å². The number of nitrogens with zero attached hydrogens (tertiary/aromatic N) is 3. The quantitative estimate of drug-likeness (QED) is 0.680. The Bertz CT molecular complexity index is 630. The third-order valence-electron chi connectivity index (χ3n) is 2.68. The van der Waals surface area contributed by atoms with Gasteiger partial charge in [-0.3, -0.25) is 9.48 Å². The van der Waals surface area contributed by atoms with Gasteiger partial charge in [0.05, 0.1) is 24.0 Å². The van der Waals surface area contributed by atoms with Crippen molar-refractivity contribution < 1.29 is 9.53 Å². The van der Waals surface area contributed by atoms with E-state index in [0.717, 1.165) is 11.3 Å². The van der Waals surface area contributed by atoms with Crippen molar-refractivity contribution in [3.63, 3.8) is 0 Å². The number of carbonyl (C=O) groups is 1. The summed E-state index contributed by atoms with van der Waals surface area (Å²) in [5.74, 6) is 0.377. The predicted molar refractivity (Wildman–Crippen MR) is 80.9 cm³/mol. The van der Waals surface area contributed by atoms with Gasteiger partial charge < -0.3 is 4.74 Å². The number of aromatic nitrogens is 2. The smallest absolute Gasteiger partial charge is 0.291 e. The Morgan fingerprint density at radius 3 is 2.76 bits per heavy atom. The largest absolute Gasteiger partial charge is 0.494 e. The van der Waals surface area contributed by atoms with Crippen LogP contribution in [-0.2, 0) is 7.05 Å². The van der Waals surface area contributed by atoms with Gasteiger partial charge in [0.2, 0.25) is 0 Å². The number of ether oxygens (including phenoxy) is 1. The lowest BCUT2D eigenvalue weighted by molar-refractivity contribution is 0.0946. The standard InChI is InChI=1S/C14H15ClN4O2/c1-3-21-11-6-4-10(5-7-11)8-16-18-14(20)13-12(15)9-17-19(13)2/h4-9H,3H2,1-2H3,(H,18,20)/b16-8+. The summed E-state index contributed by atoms with van der Waals surface area (Å²) in [7, 11) is 1.64.